The van der Waals surface area contributed by atoms with E-state index in [2.05, 4.69) is 36.5 Å². The van der Waals surface area contributed by atoms with E-state index in [1.807, 2.05) is 50.5 Å². The zero-order valence-corrected chi connectivity index (χ0v) is 23.9. The van der Waals surface area contributed by atoms with Crippen LogP contribution in [0.4, 0.5) is 22.9 Å². The summed E-state index contributed by atoms with van der Waals surface area (Å²) in [5.41, 5.74) is 2.98. The number of carbonyl (C=O) groups is 1. The minimum atomic E-state index is -0.368. The number of nitrogens with one attached hydrogen (secondary N) is 2. The van der Waals surface area contributed by atoms with Crippen molar-refractivity contribution in [3.63, 3.8) is 0 Å². The van der Waals surface area contributed by atoms with E-state index in [0.29, 0.717) is 34.6 Å². The van der Waals surface area contributed by atoms with Gasteiger partial charge in [0.2, 0.25) is 5.91 Å². The van der Waals surface area contributed by atoms with Crippen molar-refractivity contribution in [1.82, 2.24) is 9.97 Å². The van der Waals surface area contributed by atoms with Crippen molar-refractivity contribution in [2.45, 2.75) is 6.54 Å². The van der Waals surface area contributed by atoms with Crippen LogP contribution in [0.15, 0.2) is 89.7 Å². The first-order valence-corrected chi connectivity index (χ1v) is 12.3. The van der Waals surface area contributed by atoms with E-state index < -0.39 is 0 Å². The highest BCUT2D eigenvalue weighted by molar-refractivity contribution is 9.10. The van der Waals surface area contributed by atoms with Gasteiger partial charge in [0.25, 0.3) is 5.69 Å². The lowest BCUT2D eigenvalue weighted by molar-refractivity contribution is -0.898. The van der Waals surface area contributed by atoms with Gasteiger partial charge in [0.1, 0.15) is 18.7 Å². The minimum absolute atomic E-state index is 0. The molecule has 11 heteroatoms. The van der Waals surface area contributed by atoms with Crippen molar-refractivity contribution >= 4 is 55.6 Å². The van der Waals surface area contributed by atoms with E-state index in [-0.39, 0.29) is 33.5 Å². The molecule has 0 spiro atoms. The number of nitro groups is 1. The average molecular weight is 642 g/mol. The SMILES string of the molecule is C[N+](C)(C/C=C/C(=O)Nc1ccc2ncnc(Nc3cccc(Br)c3)c2c1)Cc1ccccc1[N+](=O)[O-].[Br-]. The number of fused-ring (bicyclic) bond motifs is 1. The van der Waals surface area contributed by atoms with Crippen LogP contribution < -0.4 is 27.6 Å². The molecule has 0 aliphatic heterocycles. The van der Waals surface area contributed by atoms with Gasteiger partial charge >= 0.3 is 0 Å². The first-order valence-electron chi connectivity index (χ1n) is 11.5. The number of para-hydroxylation sites is 1. The smallest absolute Gasteiger partial charge is 0.278 e. The van der Waals surface area contributed by atoms with Crippen LogP contribution in [0, 0.1) is 10.1 Å². The summed E-state index contributed by atoms with van der Waals surface area (Å²) in [4.78, 5) is 32.2. The molecular weight excluding hydrogens is 616 g/mol. The van der Waals surface area contributed by atoms with E-state index in [0.717, 1.165) is 21.1 Å². The molecule has 0 atom stereocenters. The number of likely N-dealkylation sites (N-methyl/N-ethyl adjacent to an activating group) is 1. The van der Waals surface area contributed by atoms with E-state index in [1.165, 1.54) is 18.5 Å². The molecule has 0 aliphatic rings. The van der Waals surface area contributed by atoms with Gasteiger partial charge in [0, 0.05) is 33.4 Å². The third-order valence-electron chi connectivity index (χ3n) is 5.65. The van der Waals surface area contributed by atoms with Crippen molar-refractivity contribution in [2.24, 2.45) is 0 Å². The van der Waals surface area contributed by atoms with Gasteiger partial charge in [-0.2, -0.15) is 0 Å². The standard InChI is InChI=1S/C27H25BrN6O3.BrH/c1-34(2,17-19-7-3-4-10-25(19)33(36)37)14-6-11-26(35)31-22-12-13-24-23(16-22)27(30-18-29-24)32-21-9-5-8-20(28)15-21;/h3-13,15-16,18H,14,17H2,1-2H3,(H-,29,30,31,32,35);1H/b11-6+;. The molecule has 1 amide bonds. The van der Waals surface area contributed by atoms with E-state index in [4.69, 9.17) is 0 Å². The fourth-order valence-electron chi connectivity index (χ4n) is 3.91. The number of amides is 1. The summed E-state index contributed by atoms with van der Waals surface area (Å²) in [7, 11) is 3.92. The summed E-state index contributed by atoms with van der Waals surface area (Å²) in [6, 6.07) is 19.9. The number of rotatable bonds is 9. The highest BCUT2D eigenvalue weighted by Gasteiger charge is 2.21. The third-order valence-corrected chi connectivity index (χ3v) is 6.14. The molecule has 4 aromatic rings. The number of nitrogens with zero attached hydrogens (tertiary/aromatic N) is 4. The minimum Gasteiger partial charge on any atom is -1.00 e. The van der Waals surface area contributed by atoms with Gasteiger partial charge in [-0.15, -0.1) is 0 Å². The second-order valence-corrected chi connectivity index (χ2v) is 10.1. The number of quaternary nitrogens is 1. The Morgan fingerprint density at radius 3 is 2.61 bits per heavy atom. The van der Waals surface area contributed by atoms with Crippen molar-refractivity contribution in [3.05, 3.63) is 105 Å². The molecule has 4 rings (SSSR count). The molecule has 0 saturated carbocycles. The second-order valence-electron chi connectivity index (χ2n) is 9.14. The van der Waals surface area contributed by atoms with Gasteiger partial charge in [-0.3, -0.25) is 14.9 Å². The topological polar surface area (TPSA) is 110 Å². The lowest BCUT2D eigenvalue weighted by Gasteiger charge is -2.28. The number of nitro benzene ring substituents is 1. The van der Waals surface area contributed by atoms with Gasteiger partial charge in [0.15, 0.2) is 0 Å². The van der Waals surface area contributed by atoms with Gasteiger partial charge in [0.05, 0.1) is 36.6 Å². The molecule has 0 unspecified atom stereocenters. The zero-order valence-electron chi connectivity index (χ0n) is 20.8. The molecule has 0 saturated heterocycles. The van der Waals surface area contributed by atoms with Crippen LogP contribution in [-0.2, 0) is 11.3 Å². The van der Waals surface area contributed by atoms with Crippen LogP contribution in [0.2, 0.25) is 0 Å². The summed E-state index contributed by atoms with van der Waals surface area (Å²) >= 11 is 3.47. The van der Waals surface area contributed by atoms with Crippen LogP contribution in [0.1, 0.15) is 5.56 Å². The lowest BCUT2D eigenvalue weighted by atomic mass is 10.1. The van der Waals surface area contributed by atoms with Crippen LogP contribution in [-0.4, -0.2) is 45.9 Å². The van der Waals surface area contributed by atoms with Gasteiger partial charge in [-0.1, -0.05) is 34.1 Å². The van der Waals surface area contributed by atoms with Crippen molar-refractivity contribution < 1.29 is 31.2 Å². The Bertz CT molecular complexity index is 1490. The number of hydrogen-bond acceptors (Lipinski definition) is 6. The second kappa shape index (κ2) is 12.7. The number of carbonyl (C=O) groups excluding carboxylic acids is 1. The fourth-order valence-corrected chi connectivity index (χ4v) is 4.31. The molecule has 0 bridgehead atoms. The van der Waals surface area contributed by atoms with E-state index in [9.17, 15) is 14.9 Å². The van der Waals surface area contributed by atoms with Crippen molar-refractivity contribution in [3.8, 4) is 0 Å². The predicted octanol–water partition coefficient (Wildman–Crippen LogP) is 2.82. The number of aromatic nitrogens is 2. The Morgan fingerprint density at radius 2 is 1.84 bits per heavy atom. The molecule has 3 aromatic carbocycles. The third kappa shape index (κ3) is 7.67. The molecule has 0 radical (unpaired) electrons. The maximum atomic E-state index is 12.6. The van der Waals surface area contributed by atoms with Crippen LogP contribution in [0.25, 0.3) is 10.9 Å². The molecule has 1 aromatic heterocycles. The number of halogens is 2. The maximum absolute atomic E-state index is 12.6. The van der Waals surface area contributed by atoms with Gasteiger partial charge in [-0.25, -0.2) is 9.97 Å². The Kier molecular flexibility index (Phi) is 9.67. The summed E-state index contributed by atoms with van der Waals surface area (Å²) in [6.07, 6.45) is 4.74. The molecule has 1 heterocycles. The van der Waals surface area contributed by atoms with E-state index >= 15 is 0 Å². The average Bonchev–Trinajstić information content (AvgIpc) is 2.84. The maximum Gasteiger partial charge on any atom is 0.278 e. The largest absolute Gasteiger partial charge is 1.00 e. The number of anilines is 3. The van der Waals surface area contributed by atoms with Crippen molar-refractivity contribution in [1.29, 1.82) is 0 Å². The molecule has 2 N–H and O–H groups in total. The monoisotopic (exact) mass is 640 g/mol. The molecule has 0 fully saturated rings. The van der Waals surface area contributed by atoms with Gasteiger partial charge in [-0.05, 0) is 48.5 Å². The predicted molar refractivity (Wildman–Crippen MR) is 149 cm³/mol. The normalized spacial score (nSPS) is 11.2. The number of hydrogen-bond donors (Lipinski definition) is 2. The number of benzene rings is 3. The van der Waals surface area contributed by atoms with Crippen LogP contribution >= 0.6 is 15.9 Å². The molecule has 9 nitrogen and oxygen atoms in total. The van der Waals surface area contributed by atoms with Gasteiger partial charge < -0.3 is 32.1 Å². The molecule has 0 aliphatic carbocycles. The summed E-state index contributed by atoms with van der Waals surface area (Å²) in [6.45, 7) is 0.979. The molecular formula is C27H26Br2N6O3. The quantitative estimate of drug-likeness (QED) is 0.126. The zero-order chi connectivity index (χ0) is 26.4. The fraction of sp³-hybridized carbons (Fsp3) is 0.148. The highest BCUT2D eigenvalue weighted by Crippen LogP contribution is 2.27. The Labute approximate surface area is 239 Å². The van der Waals surface area contributed by atoms with E-state index in [1.54, 1.807) is 30.3 Å². The summed E-state index contributed by atoms with van der Waals surface area (Å²) in [5.74, 6) is 0.354. The first-order chi connectivity index (χ1) is 17.7. The Balaban J connectivity index is 0.00000400. The molecule has 38 heavy (non-hydrogen) atoms. The summed E-state index contributed by atoms with van der Waals surface area (Å²) in [5, 5.41) is 18.3. The summed E-state index contributed by atoms with van der Waals surface area (Å²) < 4.78 is 1.39. The highest BCUT2D eigenvalue weighted by atomic mass is 79.9. The first kappa shape index (κ1) is 28.9. The molecule has 196 valence electrons. The lowest BCUT2D eigenvalue weighted by Crippen LogP contribution is -3.00. The van der Waals surface area contributed by atoms with Crippen LogP contribution in [0.3, 0.4) is 0 Å². The van der Waals surface area contributed by atoms with Crippen molar-refractivity contribution in [2.75, 3.05) is 31.3 Å². The Hall–Kier alpha value is -3.67. The Morgan fingerprint density at radius 1 is 1.05 bits per heavy atom. The van der Waals surface area contributed by atoms with Crippen LogP contribution in [0.5, 0.6) is 0 Å².